The number of fused-ring (bicyclic) bond motifs is 1. The Hall–Kier alpha value is -3.98. The number of anilines is 1. The summed E-state index contributed by atoms with van der Waals surface area (Å²) >= 11 is 0. The normalized spacial score (nSPS) is 16.3. The van der Waals surface area contributed by atoms with Crippen LogP contribution >= 0.6 is 0 Å². The van der Waals surface area contributed by atoms with E-state index in [2.05, 4.69) is 51.4 Å². The molecule has 0 atom stereocenters. The molecule has 1 amide bonds. The van der Waals surface area contributed by atoms with Gasteiger partial charge in [0.05, 0.1) is 17.6 Å². The fourth-order valence-electron chi connectivity index (χ4n) is 5.86. The number of hydrogen-bond donors (Lipinski definition) is 2. The number of imidazole rings is 1. The Morgan fingerprint density at radius 3 is 2.42 bits per heavy atom. The summed E-state index contributed by atoms with van der Waals surface area (Å²) in [6.45, 7) is 12.6. The van der Waals surface area contributed by atoms with Gasteiger partial charge >= 0.3 is 0 Å². The highest BCUT2D eigenvalue weighted by Crippen LogP contribution is 2.42. The zero-order valence-electron chi connectivity index (χ0n) is 23.7. The fraction of sp³-hybridized carbons (Fsp3) is 0.419. The van der Waals surface area contributed by atoms with E-state index < -0.39 is 5.91 Å². The van der Waals surface area contributed by atoms with E-state index in [0.29, 0.717) is 35.1 Å². The molecule has 1 aromatic carbocycles. The van der Waals surface area contributed by atoms with E-state index in [1.54, 1.807) is 0 Å². The Bertz CT molecular complexity index is 1640. The summed E-state index contributed by atoms with van der Waals surface area (Å²) in [4.78, 5) is 43.0. The highest BCUT2D eigenvalue weighted by atomic mass is 16.1. The number of H-pyrrole nitrogens is 1. The predicted octanol–water partition coefficient (Wildman–Crippen LogP) is 3.96. The van der Waals surface area contributed by atoms with E-state index in [1.165, 1.54) is 0 Å². The van der Waals surface area contributed by atoms with Crippen molar-refractivity contribution in [2.75, 3.05) is 31.1 Å². The van der Waals surface area contributed by atoms with Gasteiger partial charge in [0.25, 0.3) is 11.5 Å². The number of carbonyl (C=O) groups is 1. The summed E-state index contributed by atoms with van der Waals surface area (Å²) in [5.41, 5.74) is 11.8. The third-order valence-corrected chi connectivity index (χ3v) is 8.35. The van der Waals surface area contributed by atoms with Crippen LogP contribution in [-0.4, -0.2) is 62.5 Å². The van der Waals surface area contributed by atoms with E-state index in [-0.39, 0.29) is 5.56 Å². The van der Waals surface area contributed by atoms with Gasteiger partial charge in [-0.1, -0.05) is 0 Å². The SMILES string of the molecule is Cc1cc(C)c(Cn2c(C3CC3)nc3c(C(N)=O)cc(-c4ccc(N5CCN(C(C)C)CC5)nc4)cc32)c(=O)[nH]1. The highest BCUT2D eigenvalue weighted by Gasteiger charge is 2.31. The Balaban J connectivity index is 1.40. The van der Waals surface area contributed by atoms with Gasteiger partial charge in [0.15, 0.2) is 0 Å². The molecule has 40 heavy (non-hydrogen) atoms. The first-order valence-electron chi connectivity index (χ1n) is 14.2. The van der Waals surface area contributed by atoms with Crippen LogP contribution in [0.5, 0.6) is 0 Å². The van der Waals surface area contributed by atoms with Crippen LogP contribution in [0.15, 0.2) is 41.3 Å². The number of rotatable bonds is 7. The van der Waals surface area contributed by atoms with Gasteiger partial charge in [-0.15, -0.1) is 0 Å². The van der Waals surface area contributed by atoms with Crippen molar-refractivity contribution in [1.29, 1.82) is 0 Å². The Morgan fingerprint density at radius 1 is 1.07 bits per heavy atom. The van der Waals surface area contributed by atoms with Crippen LogP contribution in [0.4, 0.5) is 5.82 Å². The van der Waals surface area contributed by atoms with Crippen LogP contribution in [0.25, 0.3) is 22.2 Å². The van der Waals surface area contributed by atoms with Crippen molar-refractivity contribution in [3.8, 4) is 11.1 Å². The molecule has 0 radical (unpaired) electrons. The Labute approximate surface area is 234 Å². The number of primary amides is 1. The number of benzene rings is 1. The maximum absolute atomic E-state index is 12.9. The van der Waals surface area contributed by atoms with E-state index in [1.807, 2.05) is 32.2 Å². The summed E-state index contributed by atoms with van der Waals surface area (Å²) in [6.07, 6.45) is 3.96. The maximum Gasteiger partial charge on any atom is 0.253 e. The summed E-state index contributed by atoms with van der Waals surface area (Å²) in [6, 6.07) is 10.5. The molecule has 1 saturated carbocycles. The lowest BCUT2D eigenvalue weighted by molar-refractivity contribution is 0.100. The molecule has 3 aromatic heterocycles. The minimum atomic E-state index is -0.518. The third-order valence-electron chi connectivity index (χ3n) is 8.35. The number of aromatic amines is 1. The molecule has 2 aliphatic rings. The molecule has 4 aromatic rings. The fourth-order valence-corrected chi connectivity index (χ4v) is 5.86. The lowest BCUT2D eigenvalue weighted by Gasteiger charge is -2.37. The highest BCUT2D eigenvalue weighted by molar-refractivity contribution is 6.06. The minimum absolute atomic E-state index is 0.0959. The van der Waals surface area contributed by atoms with Gasteiger partial charge in [0.1, 0.15) is 17.2 Å². The standard InChI is InChI=1S/C31H37N7O2/c1-18(2)36-9-11-37(12-10-36)27-8-7-22(16-33-27)23-14-24(29(32)39)28-26(15-23)38(30(35-28)21-5-6-21)17-25-19(3)13-20(4)34-31(25)40/h7-8,13-16,18,21H,5-6,9-12,17H2,1-4H3,(H2,32,39)(H,34,40). The monoisotopic (exact) mass is 539 g/mol. The van der Waals surface area contributed by atoms with Crippen LogP contribution in [0.1, 0.15) is 65.6 Å². The summed E-state index contributed by atoms with van der Waals surface area (Å²) in [7, 11) is 0. The van der Waals surface area contributed by atoms with E-state index >= 15 is 0 Å². The zero-order valence-corrected chi connectivity index (χ0v) is 23.7. The number of aromatic nitrogens is 4. The largest absolute Gasteiger partial charge is 0.366 e. The topological polar surface area (TPSA) is 113 Å². The average molecular weight is 540 g/mol. The molecule has 0 spiro atoms. The lowest BCUT2D eigenvalue weighted by Crippen LogP contribution is -2.49. The molecule has 1 saturated heterocycles. The van der Waals surface area contributed by atoms with E-state index in [0.717, 1.165) is 78.6 Å². The van der Waals surface area contributed by atoms with Gasteiger partial charge in [-0.2, -0.15) is 0 Å². The molecule has 1 aliphatic heterocycles. The number of pyridine rings is 2. The molecule has 9 nitrogen and oxygen atoms in total. The lowest BCUT2D eigenvalue weighted by atomic mass is 10.0. The van der Waals surface area contributed by atoms with Gasteiger partial charge in [-0.3, -0.25) is 14.5 Å². The first kappa shape index (κ1) is 26.3. The molecule has 4 heterocycles. The van der Waals surface area contributed by atoms with Crippen LogP contribution < -0.4 is 16.2 Å². The third kappa shape index (κ3) is 4.90. The second-order valence-corrected chi connectivity index (χ2v) is 11.6. The predicted molar refractivity (Wildman–Crippen MR) is 158 cm³/mol. The van der Waals surface area contributed by atoms with Crippen molar-refractivity contribution < 1.29 is 4.79 Å². The zero-order chi connectivity index (χ0) is 28.1. The molecular weight excluding hydrogens is 502 g/mol. The molecule has 6 rings (SSSR count). The van der Waals surface area contributed by atoms with Gasteiger partial charge in [-0.05, 0) is 82.0 Å². The number of carbonyl (C=O) groups excluding carboxylic acids is 1. The summed E-state index contributed by atoms with van der Waals surface area (Å²) < 4.78 is 2.10. The molecule has 9 heteroatoms. The second kappa shape index (κ2) is 10.2. The van der Waals surface area contributed by atoms with Crippen molar-refractivity contribution in [3.63, 3.8) is 0 Å². The number of aryl methyl sites for hydroxylation is 2. The van der Waals surface area contributed by atoms with Crippen molar-refractivity contribution in [3.05, 3.63) is 75.1 Å². The minimum Gasteiger partial charge on any atom is -0.366 e. The van der Waals surface area contributed by atoms with Crippen LogP contribution in [-0.2, 0) is 6.54 Å². The van der Waals surface area contributed by atoms with Crippen molar-refractivity contribution >= 4 is 22.8 Å². The molecule has 3 N–H and O–H groups in total. The van der Waals surface area contributed by atoms with Crippen LogP contribution in [0, 0.1) is 13.8 Å². The Kier molecular flexibility index (Phi) is 6.70. The van der Waals surface area contributed by atoms with E-state index in [4.69, 9.17) is 15.7 Å². The van der Waals surface area contributed by atoms with Gasteiger partial charge in [0, 0.05) is 61.2 Å². The first-order valence-corrected chi connectivity index (χ1v) is 14.2. The van der Waals surface area contributed by atoms with Gasteiger partial charge < -0.3 is 20.2 Å². The van der Waals surface area contributed by atoms with Gasteiger partial charge in [0.2, 0.25) is 0 Å². The van der Waals surface area contributed by atoms with E-state index in [9.17, 15) is 9.59 Å². The number of amides is 1. The van der Waals surface area contributed by atoms with Crippen molar-refractivity contribution in [2.45, 2.75) is 59.0 Å². The molecule has 2 fully saturated rings. The summed E-state index contributed by atoms with van der Waals surface area (Å²) in [5.74, 6) is 1.66. The van der Waals surface area contributed by atoms with Crippen molar-refractivity contribution in [1.82, 2.24) is 24.4 Å². The second-order valence-electron chi connectivity index (χ2n) is 11.6. The smallest absolute Gasteiger partial charge is 0.253 e. The maximum atomic E-state index is 12.9. The molecule has 208 valence electrons. The van der Waals surface area contributed by atoms with Gasteiger partial charge in [-0.25, -0.2) is 9.97 Å². The number of nitrogens with two attached hydrogens (primary N) is 1. The number of nitrogens with one attached hydrogen (secondary N) is 1. The molecule has 1 aliphatic carbocycles. The number of hydrogen-bond acceptors (Lipinski definition) is 6. The van der Waals surface area contributed by atoms with Crippen LogP contribution in [0.3, 0.4) is 0 Å². The summed E-state index contributed by atoms with van der Waals surface area (Å²) in [5, 5.41) is 0. The molecule has 0 unspecified atom stereocenters. The van der Waals surface area contributed by atoms with Crippen LogP contribution in [0.2, 0.25) is 0 Å². The Morgan fingerprint density at radius 2 is 1.82 bits per heavy atom. The molecular formula is C31H37N7O2. The molecule has 0 bridgehead atoms. The first-order chi connectivity index (χ1) is 19.2. The number of nitrogens with zero attached hydrogens (tertiary/aromatic N) is 5. The average Bonchev–Trinajstić information content (AvgIpc) is 3.71. The number of piperazine rings is 1. The quantitative estimate of drug-likeness (QED) is 0.368. The van der Waals surface area contributed by atoms with Crippen molar-refractivity contribution in [2.24, 2.45) is 5.73 Å².